The Morgan fingerprint density at radius 2 is 2.32 bits per heavy atom. The van der Waals surface area contributed by atoms with Crippen LogP contribution in [-0.4, -0.2) is 23.9 Å². The van der Waals surface area contributed by atoms with Crippen molar-refractivity contribution in [3.8, 4) is 0 Å². The van der Waals surface area contributed by atoms with Crippen LogP contribution >= 0.6 is 15.9 Å². The average molecular weight is 325 g/mol. The van der Waals surface area contributed by atoms with Gasteiger partial charge in [-0.05, 0) is 37.5 Å². The largest absolute Gasteiger partial charge is 0.341 e. The number of carbonyl (C=O) groups is 1. The Balaban J connectivity index is 2.07. The molecule has 2 unspecified atom stereocenters. The van der Waals surface area contributed by atoms with Crippen LogP contribution in [0, 0.1) is 5.41 Å². The van der Waals surface area contributed by atoms with Crippen molar-refractivity contribution in [2.75, 3.05) is 7.05 Å². The molecule has 2 atom stereocenters. The Bertz CT molecular complexity index is 477. The van der Waals surface area contributed by atoms with E-state index in [2.05, 4.69) is 15.9 Å². The average Bonchev–Trinajstić information content (AvgIpc) is 2.70. The lowest BCUT2D eigenvalue weighted by Crippen LogP contribution is -2.47. The quantitative estimate of drug-likeness (QED) is 0.929. The summed E-state index contributed by atoms with van der Waals surface area (Å²) in [5.74, 6) is 0.164. The second kappa shape index (κ2) is 5.63. The van der Waals surface area contributed by atoms with Crippen molar-refractivity contribution in [1.29, 1.82) is 0 Å². The standard InChI is InChI=1S/C15H21BrN2O/c1-15(8-4-7-13(15)17)14(19)18(2)10-11-5-3-6-12(16)9-11/h3,5-6,9,13H,4,7-8,10,17H2,1-2H3. The lowest BCUT2D eigenvalue weighted by atomic mass is 9.83. The number of halogens is 1. The van der Waals surface area contributed by atoms with Gasteiger partial charge < -0.3 is 10.6 Å². The number of rotatable bonds is 3. The lowest BCUT2D eigenvalue weighted by molar-refractivity contribution is -0.140. The van der Waals surface area contributed by atoms with E-state index in [-0.39, 0.29) is 17.4 Å². The zero-order valence-electron chi connectivity index (χ0n) is 11.5. The van der Waals surface area contributed by atoms with Crippen LogP contribution in [0.15, 0.2) is 28.7 Å². The van der Waals surface area contributed by atoms with Gasteiger partial charge >= 0.3 is 0 Å². The summed E-state index contributed by atoms with van der Waals surface area (Å²) >= 11 is 3.45. The van der Waals surface area contributed by atoms with Crippen LogP contribution in [0.5, 0.6) is 0 Å². The van der Waals surface area contributed by atoms with Crippen LogP contribution in [0.25, 0.3) is 0 Å². The van der Waals surface area contributed by atoms with Crippen LogP contribution in [-0.2, 0) is 11.3 Å². The Morgan fingerprint density at radius 1 is 1.58 bits per heavy atom. The predicted octanol–water partition coefficient (Wildman–Crippen LogP) is 2.93. The van der Waals surface area contributed by atoms with E-state index in [1.807, 2.05) is 38.2 Å². The molecule has 2 rings (SSSR count). The van der Waals surface area contributed by atoms with E-state index in [1.54, 1.807) is 4.90 Å². The molecular formula is C15H21BrN2O. The highest BCUT2D eigenvalue weighted by molar-refractivity contribution is 9.10. The fourth-order valence-corrected chi connectivity index (χ4v) is 3.32. The third-order valence-corrected chi connectivity index (χ3v) is 4.67. The second-order valence-corrected chi connectivity index (χ2v) is 6.62. The van der Waals surface area contributed by atoms with Gasteiger partial charge in [-0.25, -0.2) is 0 Å². The first-order valence-corrected chi connectivity index (χ1v) is 7.48. The van der Waals surface area contributed by atoms with Gasteiger partial charge in [0, 0.05) is 24.1 Å². The zero-order valence-corrected chi connectivity index (χ0v) is 13.1. The lowest BCUT2D eigenvalue weighted by Gasteiger charge is -2.32. The molecule has 0 heterocycles. The third kappa shape index (κ3) is 3.00. The first kappa shape index (κ1) is 14.5. The highest BCUT2D eigenvalue weighted by Gasteiger charge is 2.44. The summed E-state index contributed by atoms with van der Waals surface area (Å²) in [6, 6.07) is 8.04. The van der Waals surface area contributed by atoms with Crippen molar-refractivity contribution in [2.24, 2.45) is 11.1 Å². The van der Waals surface area contributed by atoms with Gasteiger partial charge in [0.25, 0.3) is 0 Å². The highest BCUT2D eigenvalue weighted by atomic mass is 79.9. The van der Waals surface area contributed by atoms with Gasteiger partial charge in [0.15, 0.2) is 0 Å². The van der Waals surface area contributed by atoms with Crippen LogP contribution in [0.3, 0.4) is 0 Å². The molecule has 4 heteroatoms. The topological polar surface area (TPSA) is 46.3 Å². The summed E-state index contributed by atoms with van der Waals surface area (Å²) in [7, 11) is 1.86. The maximum atomic E-state index is 12.6. The number of carbonyl (C=O) groups excluding carboxylic acids is 1. The number of nitrogens with zero attached hydrogens (tertiary/aromatic N) is 1. The first-order chi connectivity index (χ1) is 8.93. The molecule has 1 amide bonds. The molecule has 0 aromatic heterocycles. The number of amides is 1. The molecular weight excluding hydrogens is 304 g/mol. The zero-order chi connectivity index (χ0) is 14.0. The molecule has 0 saturated heterocycles. The smallest absolute Gasteiger partial charge is 0.230 e. The summed E-state index contributed by atoms with van der Waals surface area (Å²) in [5, 5.41) is 0. The van der Waals surface area contributed by atoms with Gasteiger partial charge in [0.2, 0.25) is 5.91 Å². The van der Waals surface area contributed by atoms with Crippen molar-refractivity contribution in [1.82, 2.24) is 4.90 Å². The Labute approximate surface area is 123 Å². The van der Waals surface area contributed by atoms with E-state index in [0.717, 1.165) is 29.3 Å². The Hall–Kier alpha value is -0.870. The molecule has 1 aromatic rings. The van der Waals surface area contributed by atoms with Gasteiger partial charge in [-0.2, -0.15) is 0 Å². The molecule has 3 nitrogen and oxygen atoms in total. The van der Waals surface area contributed by atoms with E-state index < -0.39 is 0 Å². The maximum absolute atomic E-state index is 12.6. The minimum Gasteiger partial charge on any atom is -0.341 e. The van der Waals surface area contributed by atoms with E-state index >= 15 is 0 Å². The fraction of sp³-hybridized carbons (Fsp3) is 0.533. The van der Waals surface area contributed by atoms with Crippen molar-refractivity contribution in [3.63, 3.8) is 0 Å². The summed E-state index contributed by atoms with van der Waals surface area (Å²) < 4.78 is 1.04. The van der Waals surface area contributed by atoms with Crippen molar-refractivity contribution >= 4 is 21.8 Å². The molecule has 1 aliphatic carbocycles. The van der Waals surface area contributed by atoms with Crippen LogP contribution < -0.4 is 5.73 Å². The summed E-state index contributed by atoms with van der Waals surface area (Å²) in [6.07, 6.45) is 2.90. The van der Waals surface area contributed by atoms with Crippen LogP contribution in [0.2, 0.25) is 0 Å². The molecule has 0 aliphatic heterocycles. The molecule has 1 aromatic carbocycles. The van der Waals surface area contributed by atoms with Gasteiger partial charge in [-0.3, -0.25) is 4.79 Å². The Kier molecular flexibility index (Phi) is 4.31. The summed E-state index contributed by atoms with van der Waals surface area (Å²) in [6.45, 7) is 2.63. The van der Waals surface area contributed by atoms with Crippen molar-refractivity contribution in [2.45, 2.75) is 38.8 Å². The van der Waals surface area contributed by atoms with E-state index in [1.165, 1.54) is 0 Å². The molecule has 0 bridgehead atoms. The first-order valence-electron chi connectivity index (χ1n) is 6.69. The van der Waals surface area contributed by atoms with Gasteiger partial charge in [0.1, 0.15) is 0 Å². The molecule has 1 fully saturated rings. The number of hydrogen-bond acceptors (Lipinski definition) is 2. The summed E-state index contributed by atoms with van der Waals surface area (Å²) in [5.41, 5.74) is 6.85. The minimum atomic E-state index is -0.388. The maximum Gasteiger partial charge on any atom is 0.230 e. The molecule has 0 spiro atoms. The van der Waals surface area contributed by atoms with Crippen molar-refractivity contribution in [3.05, 3.63) is 34.3 Å². The molecule has 104 valence electrons. The second-order valence-electron chi connectivity index (χ2n) is 5.71. The molecule has 19 heavy (non-hydrogen) atoms. The highest BCUT2D eigenvalue weighted by Crippen LogP contribution is 2.38. The molecule has 1 saturated carbocycles. The van der Waals surface area contributed by atoms with E-state index in [0.29, 0.717) is 6.54 Å². The summed E-state index contributed by atoms with van der Waals surface area (Å²) in [4.78, 5) is 14.4. The number of nitrogens with two attached hydrogens (primary N) is 1. The third-order valence-electron chi connectivity index (χ3n) is 4.17. The van der Waals surface area contributed by atoms with E-state index in [9.17, 15) is 4.79 Å². The molecule has 0 radical (unpaired) electrons. The van der Waals surface area contributed by atoms with Gasteiger partial charge in [-0.15, -0.1) is 0 Å². The minimum absolute atomic E-state index is 0.00930. The number of benzene rings is 1. The van der Waals surface area contributed by atoms with Gasteiger partial charge in [-0.1, -0.05) is 34.5 Å². The van der Waals surface area contributed by atoms with Crippen LogP contribution in [0.4, 0.5) is 0 Å². The van der Waals surface area contributed by atoms with Gasteiger partial charge in [0.05, 0.1) is 5.41 Å². The van der Waals surface area contributed by atoms with E-state index in [4.69, 9.17) is 5.73 Å². The number of hydrogen-bond donors (Lipinski definition) is 1. The monoisotopic (exact) mass is 324 g/mol. The van der Waals surface area contributed by atoms with Crippen molar-refractivity contribution < 1.29 is 4.79 Å². The fourth-order valence-electron chi connectivity index (χ4n) is 2.88. The Morgan fingerprint density at radius 3 is 2.89 bits per heavy atom. The molecule has 1 aliphatic rings. The van der Waals surface area contributed by atoms with Crippen LogP contribution in [0.1, 0.15) is 31.7 Å². The normalized spacial score (nSPS) is 26.4. The predicted molar refractivity (Wildman–Crippen MR) is 80.5 cm³/mol. The SMILES string of the molecule is CN(Cc1cccc(Br)c1)C(=O)C1(C)CCCC1N. The molecule has 2 N–H and O–H groups in total.